The number of nitriles is 1. The molecule has 4 nitrogen and oxygen atoms in total. The first-order chi connectivity index (χ1) is 14.5. The van der Waals surface area contributed by atoms with Crippen LogP contribution in [0.25, 0.3) is 26.8 Å². The Kier molecular flexibility index (Phi) is 5.63. The summed E-state index contributed by atoms with van der Waals surface area (Å²) < 4.78 is 0. The van der Waals surface area contributed by atoms with Crippen molar-refractivity contribution in [2.24, 2.45) is 5.73 Å². The third kappa shape index (κ3) is 3.97. The monoisotopic (exact) mass is 414 g/mol. The zero-order valence-electron chi connectivity index (χ0n) is 17.5. The third-order valence-electron chi connectivity index (χ3n) is 5.76. The molecule has 0 bridgehead atoms. The number of hydrogen-bond acceptors (Lipinski definition) is 5. The number of anilines is 1. The molecule has 152 valence electrons. The number of nitrogens with two attached hydrogens (primary N) is 1. The number of piperazine rings is 1. The molecule has 5 heteroatoms. The maximum absolute atomic E-state index is 9.35. The molecule has 0 aliphatic carbocycles. The Morgan fingerprint density at radius 1 is 1.03 bits per heavy atom. The second-order valence-corrected chi connectivity index (χ2v) is 8.92. The maximum atomic E-state index is 9.35. The molecule has 1 saturated heterocycles. The average molecular weight is 415 g/mol. The molecule has 2 N–H and O–H groups in total. The molecule has 0 saturated carbocycles. The van der Waals surface area contributed by atoms with E-state index in [1.807, 2.05) is 6.92 Å². The fraction of sp³-hybridized carbons (Fsp3) is 0.240. The Morgan fingerprint density at radius 3 is 2.43 bits per heavy atom. The van der Waals surface area contributed by atoms with E-state index in [4.69, 9.17) is 5.73 Å². The number of rotatable bonds is 4. The lowest BCUT2D eigenvalue weighted by molar-refractivity contribution is 0.313. The van der Waals surface area contributed by atoms with Gasteiger partial charge >= 0.3 is 0 Å². The fourth-order valence-electron chi connectivity index (χ4n) is 3.86. The van der Waals surface area contributed by atoms with Crippen LogP contribution in [0, 0.1) is 11.3 Å². The second kappa shape index (κ2) is 8.35. The molecule has 1 aliphatic heterocycles. The summed E-state index contributed by atoms with van der Waals surface area (Å²) in [6.07, 6.45) is 0. The van der Waals surface area contributed by atoms with Crippen LogP contribution in [0.5, 0.6) is 0 Å². The largest absolute Gasteiger partial charge is 0.398 e. The first-order valence-electron chi connectivity index (χ1n) is 10.1. The smallest absolute Gasteiger partial charge is 0.102 e. The Morgan fingerprint density at radius 2 is 1.73 bits per heavy atom. The van der Waals surface area contributed by atoms with Crippen LogP contribution >= 0.6 is 11.3 Å². The SMILES string of the molecule is C=C(N)/C(C#N)=C(\C)c1ccc(-c2ccc3cc(N4CCN(C)CC4)ccc3c2)s1. The zero-order chi connectivity index (χ0) is 21.3. The van der Waals surface area contributed by atoms with Crippen LogP contribution in [0.2, 0.25) is 0 Å². The van der Waals surface area contributed by atoms with Gasteiger partial charge in [0.15, 0.2) is 0 Å². The van der Waals surface area contributed by atoms with E-state index in [0.29, 0.717) is 11.3 Å². The third-order valence-corrected chi connectivity index (χ3v) is 7.01. The molecule has 2 heterocycles. The topological polar surface area (TPSA) is 56.3 Å². The molecule has 0 unspecified atom stereocenters. The quantitative estimate of drug-likeness (QED) is 0.477. The first-order valence-corrected chi connectivity index (χ1v) is 10.9. The summed E-state index contributed by atoms with van der Waals surface area (Å²) in [6.45, 7) is 10.00. The van der Waals surface area contributed by atoms with E-state index < -0.39 is 0 Å². The van der Waals surface area contributed by atoms with Crippen LogP contribution in [0.15, 0.2) is 66.4 Å². The summed E-state index contributed by atoms with van der Waals surface area (Å²) in [5, 5.41) is 11.8. The highest BCUT2D eigenvalue weighted by Crippen LogP contribution is 2.35. The molecule has 0 spiro atoms. The summed E-state index contributed by atoms with van der Waals surface area (Å²) in [5.74, 6) is 0. The van der Waals surface area contributed by atoms with Crippen molar-refractivity contribution in [3.63, 3.8) is 0 Å². The highest BCUT2D eigenvalue weighted by molar-refractivity contribution is 7.16. The molecule has 1 aliphatic rings. The van der Waals surface area contributed by atoms with Gasteiger partial charge in [0.25, 0.3) is 0 Å². The second-order valence-electron chi connectivity index (χ2n) is 7.84. The van der Waals surface area contributed by atoms with Crippen molar-refractivity contribution >= 4 is 33.4 Å². The molecule has 3 aromatic rings. The lowest BCUT2D eigenvalue weighted by Crippen LogP contribution is -2.44. The summed E-state index contributed by atoms with van der Waals surface area (Å²) in [6, 6.07) is 19.7. The van der Waals surface area contributed by atoms with Crippen molar-refractivity contribution in [3.05, 3.63) is 71.3 Å². The van der Waals surface area contributed by atoms with Gasteiger partial charge in [0, 0.05) is 47.3 Å². The van der Waals surface area contributed by atoms with Gasteiger partial charge < -0.3 is 15.5 Å². The number of allylic oxidation sites excluding steroid dienone is 2. The lowest BCUT2D eigenvalue weighted by atomic mass is 10.0. The predicted octanol–water partition coefficient (Wildman–Crippen LogP) is 5.09. The van der Waals surface area contributed by atoms with Crippen LogP contribution in [-0.4, -0.2) is 38.1 Å². The van der Waals surface area contributed by atoms with Gasteiger partial charge in [0.2, 0.25) is 0 Å². The molecular formula is C25H26N4S. The molecule has 1 aromatic heterocycles. The Balaban J connectivity index is 1.62. The number of fused-ring (bicyclic) bond motifs is 1. The van der Waals surface area contributed by atoms with Gasteiger partial charge in [-0.1, -0.05) is 24.8 Å². The minimum Gasteiger partial charge on any atom is -0.398 e. The van der Waals surface area contributed by atoms with Crippen LogP contribution in [0.4, 0.5) is 5.69 Å². The maximum Gasteiger partial charge on any atom is 0.102 e. The van der Waals surface area contributed by atoms with Gasteiger partial charge in [-0.2, -0.15) is 5.26 Å². The normalized spacial score (nSPS) is 15.7. The molecule has 4 rings (SSSR count). The van der Waals surface area contributed by atoms with Crippen molar-refractivity contribution in [3.8, 4) is 16.5 Å². The van der Waals surface area contributed by atoms with E-state index >= 15 is 0 Å². The van der Waals surface area contributed by atoms with Gasteiger partial charge in [-0.15, -0.1) is 11.3 Å². The van der Waals surface area contributed by atoms with Gasteiger partial charge in [-0.05, 0) is 66.2 Å². The zero-order valence-corrected chi connectivity index (χ0v) is 18.3. The minimum atomic E-state index is 0.312. The standard InChI is InChI=1S/C25H26N4S/c1-17(23(16-26)18(2)27)24-8-9-25(30-24)21-5-4-20-15-22(7-6-19(20)14-21)29-12-10-28(3)11-13-29/h4-9,14-15H,2,10-13,27H2,1,3H3/b23-17+. The number of nitrogens with zero attached hydrogens (tertiary/aromatic N) is 3. The highest BCUT2D eigenvalue weighted by atomic mass is 32.1. The summed E-state index contributed by atoms with van der Waals surface area (Å²) in [4.78, 5) is 7.05. The van der Waals surface area contributed by atoms with Gasteiger partial charge in [-0.3, -0.25) is 0 Å². The van der Waals surface area contributed by atoms with E-state index in [2.05, 4.69) is 78.0 Å². The van der Waals surface area contributed by atoms with Crippen LogP contribution in [0.3, 0.4) is 0 Å². The van der Waals surface area contributed by atoms with Crippen molar-refractivity contribution < 1.29 is 0 Å². The minimum absolute atomic E-state index is 0.312. The summed E-state index contributed by atoms with van der Waals surface area (Å²) >= 11 is 1.67. The van der Waals surface area contributed by atoms with Crippen molar-refractivity contribution in [1.82, 2.24) is 4.90 Å². The van der Waals surface area contributed by atoms with Crippen LogP contribution in [0.1, 0.15) is 11.8 Å². The number of benzene rings is 2. The fourth-order valence-corrected chi connectivity index (χ4v) is 4.87. The summed E-state index contributed by atoms with van der Waals surface area (Å²) in [7, 11) is 2.18. The van der Waals surface area contributed by atoms with E-state index in [9.17, 15) is 5.26 Å². The number of thiophene rings is 1. The summed E-state index contributed by atoms with van der Waals surface area (Å²) in [5.41, 5.74) is 9.89. The van der Waals surface area contributed by atoms with Crippen molar-refractivity contribution in [2.75, 3.05) is 38.1 Å². The Hall–Kier alpha value is -3.07. The predicted molar refractivity (Wildman–Crippen MR) is 129 cm³/mol. The molecular weight excluding hydrogens is 388 g/mol. The van der Waals surface area contributed by atoms with E-state index in [-0.39, 0.29) is 0 Å². The highest BCUT2D eigenvalue weighted by Gasteiger charge is 2.15. The lowest BCUT2D eigenvalue weighted by Gasteiger charge is -2.34. The molecule has 1 fully saturated rings. The number of likely N-dealkylation sites (N-methyl/N-ethyl adjacent to an activating group) is 1. The van der Waals surface area contributed by atoms with Gasteiger partial charge in [0.05, 0.1) is 5.57 Å². The van der Waals surface area contributed by atoms with E-state index in [0.717, 1.165) is 36.6 Å². The van der Waals surface area contributed by atoms with Crippen LogP contribution < -0.4 is 10.6 Å². The molecule has 30 heavy (non-hydrogen) atoms. The van der Waals surface area contributed by atoms with E-state index in [1.165, 1.54) is 26.9 Å². The van der Waals surface area contributed by atoms with Crippen molar-refractivity contribution in [2.45, 2.75) is 6.92 Å². The first kappa shape index (κ1) is 20.2. The van der Waals surface area contributed by atoms with Crippen molar-refractivity contribution in [1.29, 1.82) is 5.26 Å². The number of hydrogen-bond donors (Lipinski definition) is 1. The van der Waals surface area contributed by atoms with Gasteiger partial charge in [0.1, 0.15) is 6.07 Å². The average Bonchev–Trinajstić information content (AvgIpc) is 3.24. The Labute approximate surface area is 182 Å². The van der Waals surface area contributed by atoms with Crippen LogP contribution in [-0.2, 0) is 0 Å². The van der Waals surface area contributed by atoms with Gasteiger partial charge in [-0.25, -0.2) is 0 Å². The van der Waals surface area contributed by atoms with E-state index in [1.54, 1.807) is 11.3 Å². The Bertz CT molecular complexity index is 1170. The molecule has 0 radical (unpaired) electrons. The molecule has 0 atom stereocenters. The molecule has 2 aromatic carbocycles. The molecule has 0 amide bonds.